The molecule has 2 nitrogen and oxygen atoms in total. The number of amides is 1. The fourth-order valence-electron chi connectivity index (χ4n) is 0.611. The zero-order valence-corrected chi connectivity index (χ0v) is 5.95. The minimum absolute atomic E-state index is 0.0737. The highest BCUT2D eigenvalue weighted by Gasteiger charge is 2.25. The molecule has 0 radical (unpaired) electrons. The molecule has 0 saturated heterocycles. The summed E-state index contributed by atoms with van der Waals surface area (Å²) in [6.45, 7) is 0.319. The molecule has 0 bridgehead atoms. The van der Waals surface area contributed by atoms with Gasteiger partial charge in [-0.05, 0) is 12.8 Å². The zero-order chi connectivity index (χ0) is 8.74. The van der Waals surface area contributed by atoms with Crippen molar-refractivity contribution in [2.75, 3.05) is 6.54 Å². The smallest absolute Gasteiger partial charge is 0.359 e. The topological polar surface area (TPSA) is 29.1 Å². The third kappa shape index (κ3) is 9.26. The van der Waals surface area contributed by atoms with Crippen LogP contribution in [0.4, 0.5) is 13.2 Å². The van der Waals surface area contributed by atoms with Crippen molar-refractivity contribution in [2.24, 2.45) is 0 Å². The predicted octanol–water partition coefficient (Wildman–Crippen LogP) is 1.47. The van der Waals surface area contributed by atoms with Crippen LogP contribution in [0.1, 0.15) is 19.3 Å². The molecule has 0 unspecified atom stereocenters. The summed E-state index contributed by atoms with van der Waals surface area (Å²) in [6.07, 6.45) is -3.91. The lowest BCUT2D eigenvalue weighted by atomic mass is 10.2. The van der Waals surface area contributed by atoms with Crippen molar-refractivity contribution in [3.05, 3.63) is 0 Å². The Hall–Kier alpha value is -0.740. The van der Waals surface area contributed by atoms with E-state index in [1.54, 1.807) is 0 Å². The monoisotopic (exact) mass is 169 g/mol. The Morgan fingerprint density at radius 2 is 1.91 bits per heavy atom. The van der Waals surface area contributed by atoms with Crippen molar-refractivity contribution in [1.82, 2.24) is 5.32 Å². The van der Waals surface area contributed by atoms with Gasteiger partial charge in [-0.25, -0.2) is 0 Å². The molecule has 0 saturated carbocycles. The molecule has 1 N–H and O–H groups in total. The minimum atomic E-state index is -4.07. The maximum atomic E-state index is 11.5. The second-order valence-electron chi connectivity index (χ2n) is 2.14. The van der Waals surface area contributed by atoms with Crippen LogP contribution in [-0.2, 0) is 4.79 Å². The van der Waals surface area contributed by atoms with Crippen molar-refractivity contribution in [3.8, 4) is 0 Å². The standard InChI is InChI=1S/C6H10F3NO/c7-6(8,9)3-1-2-4-10-5-11/h5H,1-4H2,(H,10,11). The van der Waals surface area contributed by atoms with Crippen LogP contribution in [0.15, 0.2) is 0 Å². The van der Waals surface area contributed by atoms with Crippen LogP contribution >= 0.6 is 0 Å². The molecule has 0 aromatic carbocycles. The van der Waals surface area contributed by atoms with Crippen LogP contribution in [0.25, 0.3) is 0 Å². The number of nitrogens with one attached hydrogen (secondary N) is 1. The lowest BCUT2D eigenvalue weighted by Crippen LogP contribution is -2.13. The molecule has 1 amide bonds. The summed E-state index contributed by atoms with van der Waals surface area (Å²) in [5.74, 6) is 0. The fraction of sp³-hybridized carbons (Fsp3) is 0.833. The van der Waals surface area contributed by atoms with Gasteiger partial charge in [-0.2, -0.15) is 13.2 Å². The van der Waals surface area contributed by atoms with Gasteiger partial charge < -0.3 is 5.32 Å². The van der Waals surface area contributed by atoms with E-state index in [4.69, 9.17) is 0 Å². The van der Waals surface area contributed by atoms with E-state index in [1.807, 2.05) is 0 Å². The zero-order valence-electron chi connectivity index (χ0n) is 5.95. The first-order valence-corrected chi connectivity index (χ1v) is 3.30. The van der Waals surface area contributed by atoms with Crippen molar-refractivity contribution in [3.63, 3.8) is 0 Å². The number of hydrogen-bond acceptors (Lipinski definition) is 1. The summed E-state index contributed by atoms with van der Waals surface area (Å²) in [5, 5.41) is 2.29. The number of halogens is 3. The average molecular weight is 169 g/mol. The van der Waals surface area contributed by atoms with Gasteiger partial charge in [0.15, 0.2) is 0 Å². The van der Waals surface area contributed by atoms with E-state index in [1.165, 1.54) is 0 Å². The molecule has 0 aliphatic carbocycles. The summed E-state index contributed by atoms with van der Waals surface area (Å²) in [4.78, 5) is 9.63. The molecule has 0 aromatic rings. The summed E-state index contributed by atoms with van der Waals surface area (Å²) in [7, 11) is 0. The Balaban J connectivity index is 3.08. The molecular weight excluding hydrogens is 159 g/mol. The lowest BCUT2D eigenvalue weighted by Gasteiger charge is -2.04. The average Bonchev–Trinajstić information content (AvgIpc) is 1.85. The van der Waals surface area contributed by atoms with Crippen LogP contribution in [0, 0.1) is 0 Å². The lowest BCUT2D eigenvalue weighted by molar-refractivity contribution is -0.135. The van der Waals surface area contributed by atoms with Gasteiger partial charge in [0, 0.05) is 13.0 Å². The van der Waals surface area contributed by atoms with Gasteiger partial charge in [0.1, 0.15) is 0 Å². The molecule has 0 aromatic heterocycles. The van der Waals surface area contributed by atoms with E-state index in [2.05, 4.69) is 5.32 Å². The normalized spacial score (nSPS) is 11.2. The quantitative estimate of drug-likeness (QED) is 0.490. The number of rotatable bonds is 5. The fourth-order valence-corrected chi connectivity index (χ4v) is 0.611. The molecule has 0 aliphatic rings. The Morgan fingerprint density at radius 1 is 1.27 bits per heavy atom. The first-order valence-electron chi connectivity index (χ1n) is 3.30. The van der Waals surface area contributed by atoms with E-state index < -0.39 is 12.6 Å². The van der Waals surface area contributed by atoms with Gasteiger partial charge in [-0.15, -0.1) is 0 Å². The largest absolute Gasteiger partial charge is 0.389 e. The Labute approximate surface area is 62.8 Å². The number of carbonyl (C=O) groups is 1. The van der Waals surface area contributed by atoms with Crippen LogP contribution in [0.5, 0.6) is 0 Å². The number of alkyl halides is 3. The van der Waals surface area contributed by atoms with Crippen LogP contribution < -0.4 is 5.32 Å². The van der Waals surface area contributed by atoms with E-state index in [9.17, 15) is 18.0 Å². The molecule has 11 heavy (non-hydrogen) atoms. The highest BCUT2D eigenvalue weighted by Crippen LogP contribution is 2.21. The number of carbonyl (C=O) groups excluding carboxylic acids is 1. The highest BCUT2D eigenvalue weighted by atomic mass is 19.4. The molecule has 0 aliphatic heterocycles. The van der Waals surface area contributed by atoms with Crippen molar-refractivity contribution < 1.29 is 18.0 Å². The molecule has 0 heterocycles. The third-order valence-corrected chi connectivity index (χ3v) is 1.11. The van der Waals surface area contributed by atoms with Crippen LogP contribution in [0.2, 0.25) is 0 Å². The number of unbranched alkanes of at least 4 members (excludes halogenated alkanes) is 1. The maximum absolute atomic E-state index is 11.5. The summed E-state index contributed by atoms with van der Waals surface area (Å²) < 4.78 is 34.4. The molecule has 5 heteroatoms. The Morgan fingerprint density at radius 3 is 2.36 bits per heavy atom. The van der Waals surface area contributed by atoms with Gasteiger partial charge in [0.05, 0.1) is 0 Å². The minimum Gasteiger partial charge on any atom is -0.359 e. The molecular formula is C6H10F3NO. The van der Waals surface area contributed by atoms with E-state index in [-0.39, 0.29) is 6.42 Å². The van der Waals surface area contributed by atoms with Crippen LogP contribution in [-0.4, -0.2) is 19.1 Å². The van der Waals surface area contributed by atoms with Crippen LogP contribution in [0.3, 0.4) is 0 Å². The Bertz CT molecular complexity index is 113. The first kappa shape index (κ1) is 10.3. The summed E-state index contributed by atoms with van der Waals surface area (Å²) >= 11 is 0. The summed E-state index contributed by atoms with van der Waals surface area (Å²) in [5.41, 5.74) is 0. The number of hydrogen-bond donors (Lipinski definition) is 1. The molecule has 0 atom stereocenters. The molecule has 0 rings (SSSR count). The summed E-state index contributed by atoms with van der Waals surface area (Å²) in [6, 6.07) is 0. The van der Waals surface area contributed by atoms with Crippen molar-refractivity contribution in [2.45, 2.75) is 25.4 Å². The highest BCUT2D eigenvalue weighted by molar-refractivity contribution is 5.45. The van der Waals surface area contributed by atoms with E-state index in [0.29, 0.717) is 19.4 Å². The molecule has 0 spiro atoms. The van der Waals surface area contributed by atoms with E-state index >= 15 is 0 Å². The van der Waals surface area contributed by atoms with Gasteiger partial charge >= 0.3 is 6.18 Å². The second-order valence-corrected chi connectivity index (χ2v) is 2.14. The van der Waals surface area contributed by atoms with Gasteiger partial charge in [0.25, 0.3) is 0 Å². The van der Waals surface area contributed by atoms with Gasteiger partial charge in [-0.1, -0.05) is 0 Å². The second kappa shape index (κ2) is 4.98. The molecule has 66 valence electrons. The Kier molecular flexibility index (Phi) is 4.65. The maximum Gasteiger partial charge on any atom is 0.389 e. The predicted molar refractivity (Wildman–Crippen MR) is 34.0 cm³/mol. The van der Waals surface area contributed by atoms with E-state index in [0.717, 1.165) is 0 Å². The SMILES string of the molecule is O=CNCCCCC(F)(F)F. The molecule has 0 fully saturated rings. The third-order valence-electron chi connectivity index (χ3n) is 1.11. The van der Waals surface area contributed by atoms with Gasteiger partial charge in [0.2, 0.25) is 6.41 Å². The van der Waals surface area contributed by atoms with Gasteiger partial charge in [-0.3, -0.25) is 4.79 Å². The van der Waals surface area contributed by atoms with Crippen molar-refractivity contribution in [1.29, 1.82) is 0 Å². The first-order chi connectivity index (χ1) is 5.06. The van der Waals surface area contributed by atoms with Crippen molar-refractivity contribution >= 4 is 6.41 Å².